The lowest BCUT2D eigenvalue weighted by Crippen LogP contribution is -2.36. The van der Waals surface area contributed by atoms with Crippen molar-refractivity contribution in [1.82, 2.24) is 0 Å². The molecule has 0 radical (unpaired) electrons. The van der Waals surface area contributed by atoms with Crippen molar-refractivity contribution >= 4 is 23.2 Å². The molecule has 0 saturated carbocycles. The lowest BCUT2D eigenvalue weighted by Gasteiger charge is -2.21. The highest BCUT2D eigenvalue weighted by atomic mass is 16.5. The van der Waals surface area contributed by atoms with E-state index in [1.807, 2.05) is 32.0 Å². The van der Waals surface area contributed by atoms with Crippen LogP contribution >= 0.6 is 0 Å². The normalized spacial score (nSPS) is 10.3. The van der Waals surface area contributed by atoms with Crippen molar-refractivity contribution in [2.24, 2.45) is 0 Å². The largest absolute Gasteiger partial charge is 0.491 e. The fourth-order valence-corrected chi connectivity index (χ4v) is 2.23. The molecule has 0 spiro atoms. The molecular formula is C19H22N2O3. The molecule has 0 atom stereocenters. The second kappa shape index (κ2) is 8.15. The minimum absolute atomic E-state index is 0.0470. The molecule has 2 amide bonds. The Kier molecular flexibility index (Phi) is 5.95. The lowest BCUT2D eigenvalue weighted by molar-refractivity contribution is -0.120. The van der Waals surface area contributed by atoms with E-state index in [1.165, 1.54) is 11.8 Å². The molecule has 5 nitrogen and oxygen atoms in total. The maximum absolute atomic E-state index is 12.2. The van der Waals surface area contributed by atoms with Gasteiger partial charge in [0.05, 0.1) is 6.10 Å². The van der Waals surface area contributed by atoms with E-state index in [1.54, 1.807) is 36.4 Å². The Morgan fingerprint density at radius 1 is 1.04 bits per heavy atom. The first kappa shape index (κ1) is 17.5. The van der Waals surface area contributed by atoms with Crippen LogP contribution in [-0.2, 0) is 9.59 Å². The van der Waals surface area contributed by atoms with Crippen LogP contribution in [0.4, 0.5) is 11.4 Å². The van der Waals surface area contributed by atoms with Crippen molar-refractivity contribution < 1.29 is 14.3 Å². The molecular weight excluding hydrogens is 304 g/mol. The van der Waals surface area contributed by atoms with Crippen molar-refractivity contribution in [1.29, 1.82) is 0 Å². The van der Waals surface area contributed by atoms with Gasteiger partial charge in [0.25, 0.3) is 0 Å². The number of carbonyl (C=O) groups is 2. The average molecular weight is 326 g/mol. The minimum atomic E-state index is -0.251. The number of benzene rings is 2. The maximum atomic E-state index is 12.2. The quantitative estimate of drug-likeness (QED) is 0.884. The Balaban J connectivity index is 2.06. The Morgan fingerprint density at radius 2 is 1.67 bits per heavy atom. The first-order valence-corrected chi connectivity index (χ1v) is 7.85. The van der Waals surface area contributed by atoms with E-state index in [0.717, 1.165) is 5.75 Å². The van der Waals surface area contributed by atoms with Crippen LogP contribution in [0.25, 0.3) is 0 Å². The Morgan fingerprint density at radius 3 is 2.21 bits per heavy atom. The number of nitrogens with one attached hydrogen (secondary N) is 1. The van der Waals surface area contributed by atoms with Crippen LogP contribution in [0.3, 0.4) is 0 Å². The molecule has 0 unspecified atom stereocenters. The van der Waals surface area contributed by atoms with Gasteiger partial charge in [-0.15, -0.1) is 0 Å². The summed E-state index contributed by atoms with van der Waals surface area (Å²) in [5.41, 5.74) is 1.36. The van der Waals surface area contributed by atoms with Gasteiger partial charge in [0.1, 0.15) is 12.3 Å². The van der Waals surface area contributed by atoms with E-state index < -0.39 is 0 Å². The second-order valence-electron chi connectivity index (χ2n) is 5.68. The van der Waals surface area contributed by atoms with Crippen molar-refractivity contribution in [3.05, 3.63) is 54.6 Å². The summed E-state index contributed by atoms with van der Waals surface area (Å²) < 4.78 is 5.59. The van der Waals surface area contributed by atoms with Crippen molar-refractivity contribution in [2.45, 2.75) is 26.9 Å². The van der Waals surface area contributed by atoms with Crippen LogP contribution in [-0.4, -0.2) is 24.5 Å². The van der Waals surface area contributed by atoms with Gasteiger partial charge in [-0.05, 0) is 50.2 Å². The smallest absolute Gasteiger partial charge is 0.244 e. The lowest BCUT2D eigenvalue weighted by atomic mass is 10.2. The van der Waals surface area contributed by atoms with Gasteiger partial charge < -0.3 is 15.0 Å². The molecule has 2 aromatic rings. The Labute approximate surface area is 142 Å². The summed E-state index contributed by atoms with van der Waals surface area (Å²) in [7, 11) is 0. The molecule has 5 heteroatoms. The molecule has 0 heterocycles. The second-order valence-corrected chi connectivity index (χ2v) is 5.68. The van der Waals surface area contributed by atoms with E-state index in [9.17, 15) is 9.59 Å². The highest BCUT2D eigenvalue weighted by Crippen LogP contribution is 2.20. The average Bonchev–Trinajstić information content (AvgIpc) is 2.54. The maximum Gasteiger partial charge on any atom is 0.244 e. The molecule has 0 saturated heterocycles. The number of anilines is 2. The molecule has 0 aliphatic carbocycles. The van der Waals surface area contributed by atoms with Crippen molar-refractivity contribution in [3.8, 4) is 5.75 Å². The molecule has 1 N–H and O–H groups in total. The Bertz CT molecular complexity index is 682. The fourth-order valence-electron chi connectivity index (χ4n) is 2.23. The summed E-state index contributed by atoms with van der Waals surface area (Å²) >= 11 is 0. The third-order valence-electron chi connectivity index (χ3n) is 3.26. The van der Waals surface area contributed by atoms with Crippen LogP contribution in [0.2, 0.25) is 0 Å². The molecule has 0 bridgehead atoms. The van der Waals surface area contributed by atoms with Crippen LogP contribution in [0.1, 0.15) is 20.8 Å². The number of hydrogen-bond acceptors (Lipinski definition) is 3. The predicted molar refractivity (Wildman–Crippen MR) is 95.3 cm³/mol. The van der Waals surface area contributed by atoms with Crippen molar-refractivity contribution in [2.75, 3.05) is 16.8 Å². The predicted octanol–water partition coefficient (Wildman–Crippen LogP) is 3.47. The van der Waals surface area contributed by atoms with Gasteiger partial charge in [-0.3, -0.25) is 9.59 Å². The van der Waals surface area contributed by atoms with E-state index in [0.29, 0.717) is 11.4 Å². The molecule has 0 aliphatic rings. The summed E-state index contributed by atoms with van der Waals surface area (Å²) in [5, 5.41) is 2.78. The zero-order valence-corrected chi connectivity index (χ0v) is 14.2. The van der Waals surface area contributed by atoms with Gasteiger partial charge in [0.2, 0.25) is 11.8 Å². The van der Waals surface area contributed by atoms with Crippen molar-refractivity contribution in [3.63, 3.8) is 0 Å². The number of para-hydroxylation sites is 1. The van der Waals surface area contributed by atoms with Crippen LogP contribution in [0.5, 0.6) is 5.75 Å². The summed E-state index contributed by atoms with van der Waals surface area (Å²) in [6, 6.07) is 16.3. The van der Waals surface area contributed by atoms with E-state index in [-0.39, 0.29) is 24.5 Å². The monoisotopic (exact) mass is 326 g/mol. The van der Waals surface area contributed by atoms with E-state index in [4.69, 9.17) is 4.74 Å². The fraction of sp³-hybridized carbons (Fsp3) is 0.263. The number of nitrogens with zero attached hydrogens (tertiary/aromatic N) is 1. The summed E-state index contributed by atoms with van der Waals surface area (Å²) in [4.78, 5) is 25.5. The first-order valence-electron chi connectivity index (χ1n) is 7.85. The number of hydrogen-bond donors (Lipinski definition) is 1. The third-order valence-corrected chi connectivity index (χ3v) is 3.26. The van der Waals surface area contributed by atoms with Crippen LogP contribution in [0, 0.1) is 0 Å². The van der Waals surface area contributed by atoms with Crippen LogP contribution < -0.4 is 15.0 Å². The zero-order valence-electron chi connectivity index (χ0n) is 14.2. The SMILES string of the molecule is CC(=O)N(CC(=O)Nc1ccccc1)c1ccc(OC(C)C)cc1. The number of carbonyl (C=O) groups excluding carboxylic acids is 2. The molecule has 126 valence electrons. The number of amides is 2. The molecule has 0 aliphatic heterocycles. The summed E-state index contributed by atoms with van der Waals surface area (Å²) in [6.45, 7) is 5.29. The van der Waals surface area contributed by atoms with E-state index >= 15 is 0 Å². The highest BCUT2D eigenvalue weighted by Gasteiger charge is 2.16. The van der Waals surface area contributed by atoms with Gasteiger partial charge in [0.15, 0.2) is 0 Å². The summed E-state index contributed by atoms with van der Waals surface area (Å²) in [5.74, 6) is 0.278. The Hall–Kier alpha value is -2.82. The molecule has 2 aromatic carbocycles. The van der Waals surface area contributed by atoms with Gasteiger partial charge in [-0.25, -0.2) is 0 Å². The standard InChI is InChI=1S/C19H22N2O3/c1-14(2)24-18-11-9-17(10-12-18)21(15(3)22)13-19(23)20-16-7-5-4-6-8-16/h4-12,14H,13H2,1-3H3,(H,20,23). The first-order chi connectivity index (χ1) is 11.5. The van der Waals surface area contributed by atoms with Gasteiger partial charge in [-0.1, -0.05) is 18.2 Å². The zero-order chi connectivity index (χ0) is 17.5. The summed E-state index contributed by atoms with van der Waals surface area (Å²) in [6.07, 6.45) is 0.0800. The topological polar surface area (TPSA) is 58.6 Å². The molecule has 24 heavy (non-hydrogen) atoms. The molecule has 0 aromatic heterocycles. The van der Waals surface area contributed by atoms with Gasteiger partial charge >= 0.3 is 0 Å². The highest BCUT2D eigenvalue weighted by molar-refractivity contribution is 6.01. The molecule has 2 rings (SSSR count). The van der Waals surface area contributed by atoms with Gasteiger partial charge in [-0.2, -0.15) is 0 Å². The number of rotatable bonds is 6. The third kappa shape index (κ3) is 5.12. The minimum Gasteiger partial charge on any atom is -0.491 e. The molecule has 0 fully saturated rings. The van der Waals surface area contributed by atoms with E-state index in [2.05, 4.69) is 5.32 Å². The number of ether oxygens (including phenoxy) is 1. The van der Waals surface area contributed by atoms with Gasteiger partial charge in [0, 0.05) is 18.3 Å². The van der Waals surface area contributed by atoms with Crippen LogP contribution in [0.15, 0.2) is 54.6 Å².